The summed E-state index contributed by atoms with van der Waals surface area (Å²) in [5, 5.41) is 18.5. The predicted molar refractivity (Wildman–Crippen MR) is 117 cm³/mol. The number of amides is 1. The number of carbonyl (C=O) groups is 1. The van der Waals surface area contributed by atoms with Gasteiger partial charge in [0.1, 0.15) is 11.9 Å². The average Bonchev–Trinajstić information content (AvgIpc) is 3.49. The van der Waals surface area contributed by atoms with Crippen LogP contribution in [0, 0.1) is 5.92 Å². The Bertz CT molecular complexity index is 1080. The summed E-state index contributed by atoms with van der Waals surface area (Å²) < 4.78 is 6.92. The van der Waals surface area contributed by atoms with Gasteiger partial charge in [0.05, 0.1) is 5.69 Å². The summed E-state index contributed by atoms with van der Waals surface area (Å²) >= 11 is 0. The summed E-state index contributed by atoms with van der Waals surface area (Å²) in [6.07, 6.45) is 2.72. The van der Waals surface area contributed by atoms with Crippen molar-refractivity contribution in [2.45, 2.75) is 38.9 Å². The molecule has 10 heteroatoms. The monoisotopic (exact) mass is 435 g/mol. The second kappa shape index (κ2) is 9.99. The lowest BCUT2D eigenvalue weighted by Gasteiger charge is -2.13. The van der Waals surface area contributed by atoms with E-state index in [1.807, 2.05) is 37.3 Å². The van der Waals surface area contributed by atoms with Gasteiger partial charge in [-0.1, -0.05) is 54.4 Å². The number of rotatable bonds is 9. The largest absolute Gasteiger partial charge is 0.446 e. The lowest BCUT2D eigenvalue weighted by Crippen LogP contribution is -2.21. The molecule has 0 saturated heterocycles. The molecule has 32 heavy (non-hydrogen) atoms. The molecule has 0 spiro atoms. The molecule has 166 valence electrons. The van der Waals surface area contributed by atoms with Crippen molar-refractivity contribution in [2.24, 2.45) is 18.1 Å². The number of hydrogen-bond acceptors (Lipinski definition) is 8. The Morgan fingerprint density at radius 3 is 2.75 bits per heavy atom. The van der Waals surface area contributed by atoms with Crippen LogP contribution in [-0.2, 0) is 23.2 Å². The van der Waals surface area contributed by atoms with E-state index in [0.717, 1.165) is 12.0 Å². The van der Waals surface area contributed by atoms with Crippen LogP contribution < -0.4 is 5.32 Å². The van der Waals surface area contributed by atoms with E-state index in [1.54, 1.807) is 25.2 Å². The fraction of sp³-hybridized carbons (Fsp3) is 0.364. The summed E-state index contributed by atoms with van der Waals surface area (Å²) in [6.45, 7) is 2.01. The molecule has 1 saturated carbocycles. The summed E-state index contributed by atoms with van der Waals surface area (Å²) in [5.74, 6) is 1.55. The molecule has 1 aliphatic carbocycles. The zero-order chi connectivity index (χ0) is 22.3. The highest BCUT2D eigenvalue weighted by Crippen LogP contribution is 2.34. The Morgan fingerprint density at radius 2 is 2.03 bits per heavy atom. The first-order valence-corrected chi connectivity index (χ1v) is 10.5. The Balaban J connectivity index is 1.38. The quantitative estimate of drug-likeness (QED) is 0.405. The molecule has 1 aliphatic rings. The van der Waals surface area contributed by atoms with Crippen LogP contribution in [0.3, 0.4) is 0 Å². The number of aromatic nitrogens is 5. The van der Waals surface area contributed by atoms with E-state index in [-0.39, 0.29) is 12.7 Å². The van der Waals surface area contributed by atoms with Crippen LogP contribution in [0.1, 0.15) is 43.3 Å². The summed E-state index contributed by atoms with van der Waals surface area (Å²) in [7, 11) is 1.73. The first-order valence-electron chi connectivity index (χ1n) is 10.5. The molecule has 1 N–H and O–H groups in total. The molecule has 1 unspecified atom stereocenters. The number of aryl methyl sites for hydroxylation is 1. The van der Waals surface area contributed by atoms with E-state index in [1.165, 1.54) is 17.5 Å². The smallest absolute Gasteiger partial charge is 0.413 e. The minimum Gasteiger partial charge on any atom is -0.446 e. The minimum atomic E-state index is -0.511. The van der Waals surface area contributed by atoms with Gasteiger partial charge in [0.2, 0.25) is 5.82 Å². The molecular formula is C22H25N7O3. The topological polar surface area (TPSA) is 116 Å². The van der Waals surface area contributed by atoms with Gasteiger partial charge in [-0.2, -0.15) is 0 Å². The first-order chi connectivity index (χ1) is 15.6. The maximum atomic E-state index is 12.1. The average molecular weight is 435 g/mol. The molecule has 0 radical (unpaired) electrons. The highest BCUT2D eigenvalue weighted by atomic mass is 16.6. The number of tetrazole rings is 1. The standard InChI is InChI=1S/C22H25N7O3/c1-15(13-16-11-12-16)32-22(30)24-19-10-6-9-18(23-19)14-31-26-20(17-7-4-3-5-8-17)21-25-27-28-29(21)2/h3-10,15-16H,11-14H2,1-2H3,(H,23,24,30)/b26-20-. The van der Waals surface area contributed by atoms with Crippen LogP contribution in [0.25, 0.3) is 0 Å². The molecule has 2 heterocycles. The van der Waals surface area contributed by atoms with Crippen LogP contribution in [0.5, 0.6) is 0 Å². The molecule has 1 atom stereocenters. The Hall–Kier alpha value is -3.82. The van der Waals surface area contributed by atoms with E-state index in [2.05, 4.69) is 31.0 Å². The van der Waals surface area contributed by atoms with E-state index in [0.29, 0.717) is 29.0 Å². The second-order valence-corrected chi connectivity index (χ2v) is 7.74. The third kappa shape index (κ3) is 5.87. The van der Waals surface area contributed by atoms with Gasteiger partial charge in [0.15, 0.2) is 12.3 Å². The zero-order valence-corrected chi connectivity index (χ0v) is 18.0. The van der Waals surface area contributed by atoms with E-state index < -0.39 is 6.09 Å². The molecule has 1 amide bonds. The van der Waals surface area contributed by atoms with Gasteiger partial charge >= 0.3 is 6.09 Å². The third-order valence-electron chi connectivity index (χ3n) is 4.95. The van der Waals surface area contributed by atoms with Crippen molar-refractivity contribution in [2.75, 3.05) is 5.32 Å². The number of oxime groups is 1. The zero-order valence-electron chi connectivity index (χ0n) is 18.0. The summed E-state index contributed by atoms with van der Waals surface area (Å²) in [4.78, 5) is 22.1. The van der Waals surface area contributed by atoms with Gasteiger partial charge in [-0.25, -0.2) is 14.5 Å². The second-order valence-electron chi connectivity index (χ2n) is 7.74. The van der Waals surface area contributed by atoms with Gasteiger partial charge in [-0.3, -0.25) is 5.32 Å². The van der Waals surface area contributed by atoms with Gasteiger partial charge in [-0.15, -0.1) is 5.10 Å². The highest BCUT2D eigenvalue weighted by Gasteiger charge is 2.25. The molecule has 10 nitrogen and oxygen atoms in total. The van der Waals surface area contributed by atoms with Crippen LogP contribution in [-0.4, -0.2) is 43.1 Å². The van der Waals surface area contributed by atoms with Gasteiger partial charge in [0, 0.05) is 12.6 Å². The molecule has 2 aromatic heterocycles. The molecule has 1 aromatic carbocycles. The van der Waals surface area contributed by atoms with Crippen LogP contribution >= 0.6 is 0 Å². The van der Waals surface area contributed by atoms with E-state index >= 15 is 0 Å². The van der Waals surface area contributed by atoms with Crippen molar-refractivity contribution >= 4 is 17.6 Å². The minimum absolute atomic E-state index is 0.101. The first kappa shape index (κ1) is 21.4. The van der Waals surface area contributed by atoms with Crippen molar-refractivity contribution in [1.29, 1.82) is 0 Å². The number of ether oxygens (including phenoxy) is 1. The molecule has 1 fully saturated rings. The van der Waals surface area contributed by atoms with Crippen molar-refractivity contribution in [3.05, 3.63) is 65.6 Å². The van der Waals surface area contributed by atoms with Crippen molar-refractivity contribution in [3.8, 4) is 0 Å². The fourth-order valence-corrected chi connectivity index (χ4v) is 3.23. The number of nitrogens with zero attached hydrogens (tertiary/aromatic N) is 6. The summed E-state index contributed by atoms with van der Waals surface area (Å²) in [5.41, 5.74) is 1.92. The maximum absolute atomic E-state index is 12.1. The molecule has 4 rings (SSSR count). The lowest BCUT2D eigenvalue weighted by atomic mass is 10.1. The number of anilines is 1. The lowest BCUT2D eigenvalue weighted by molar-refractivity contribution is 0.112. The number of benzene rings is 1. The van der Waals surface area contributed by atoms with Crippen molar-refractivity contribution < 1.29 is 14.4 Å². The number of pyridine rings is 1. The molecule has 0 aliphatic heterocycles. The van der Waals surface area contributed by atoms with Crippen LogP contribution in [0.4, 0.5) is 10.6 Å². The van der Waals surface area contributed by atoms with E-state index in [4.69, 9.17) is 9.57 Å². The van der Waals surface area contributed by atoms with E-state index in [9.17, 15) is 4.79 Å². The number of carbonyl (C=O) groups excluding carboxylic acids is 1. The van der Waals surface area contributed by atoms with Gasteiger partial charge in [0.25, 0.3) is 0 Å². The number of hydrogen-bond donors (Lipinski definition) is 1. The molecule has 3 aromatic rings. The van der Waals surface area contributed by atoms with Crippen LogP contribution in [0.15, 0.2) is 53.7 Å². The van der Waals surface area contributed by atoms with Crippen molar-refractivity contribution in [1.82, 2.24) is 25.2 Å². The normalized spacial score (nSPS) is 14.6. The van der Waals surface area contributed by atoms with Gasteiger partial charge in [-0.05, 0) is 41.8 Å². The fourth-order valence-electron chi connectivity index (χ4n) is 3.23. The number of nitrogens with one attached hydrogen (secondary N) is 1. The van der Waals surface area contributed by atoms with Gasteiger partial charge < -0.3 is 9.57 Å². The molecule has 0 bridgehead atoms. The molecular weight excluding hydrogens is 410 g/mol. The SMILES string of the molecule is CC(CC1CC1)OC(=O)Nc1cccc(CO/N=C(/c2ccccc2)c2nnnn2C)n1. The Kier molecular flexibility index (Phi) is 6.69. The summed E-state index contributed by atoms with van der Waals surface area (Å²) in [6, 6.07) is 14.8. The van der Waals surface area contributed by atoms with Crippen LogP contribution in [0.2, 0.25) is 0 Å². The van der Waals surface area contributed by atoms with Crippen molar-refractivity contribution in [3.63, 3.8) is 0 Å². The third-order valence-corrected chi connectivity index (χ3v) is 4.95. The highest BCUT2D eigenvalue weighted by molar-refractivity contribution is 6.10. The Morgan fingerprint density at radius 1 is 1.22 bits per heavy atom. The maximum Gasteiger partial charge on any atom is 0.413 e. The Labute approximate surface area is 185 Å². The predicted octanol–water partition coefficient (Wildman–Crippen LogP) is 3.31.